The van der Waals surface area contributed by atoms with Crippen LogP contribution in [0, 0.1) is 12.3 Å². The first-order valence-corrected chi connectivity index (χ1v) is 9.25. The number of para-hydroxylation sites is 1. The molecule has 0 saturated heterocycles. The van der Waals surface area contributed by atoms with E-state index in [1.807, 2.05) is 29.7 Å². The van der Waals surface area contributed by atoms with Crippen LogP contribution < -0.4 is 9.54 Å². The van der Waals surface area contributed by atoms with Crippen LogP contribution in [0.15, 0.2) is 47.5 Å². The highest BCUT2D eigenvalue weighted by atomic mass is 32.1. The first-order chi connectivity index (χ1) is 13.0. The number of amides is 1. The first kappa shape index (κ1) is 18.6. The zero-order valence-electron chi connectivity index (χ0n) is 15.1. The van der Waals surface area contributed by atoms with Crippen LogP contribution in [0.4, 0.5) is 0 Å². The summed E-state index contributed by atoms with van der Waals surface area (Å²) in [4.78, 5) is 28.8. The molecule has 6 heteroatoms. The van der Waals surface area contributed by atoms with Crippen molar-refractivity contribution in [2.45, 2.75) is 20.4 Å². The van der Waals surface area contributed by atoms with Crippen molar-refractivity contribution in [1.29, 1.82) is 0 Å². The third kappa shape index (κ3) is 3.83. The van der Waals surface area contributed by atoms with Crippen molar-refractivity contribution >= 4 is 33.2 Å². The van der Waals surface area contributed by atoms with Crippen molar-refractivity contribution < 1.29 is 14.3 Å². The molecular weight excluding hydrogens is 360 g/mol. The van der Waals surface area contributed by atoms with Gasteiger partial charge in [-0.2, -0.15) is 4.99 Å². The molecule has 0 unspecified atom stereocenters. The van der Waals surface area contributed by atoms with Crippen LogP contribution >= 0.6 is 11.3 Å². The summed E-state index contributed by atoms with van der Waals surface area (Å²) in [6.07, 6.45) is 5.53. The number of Topliss-reactive ketones (excluding diaryl/α,β-unsaturated/α-hetero) is 1. The van der Waals surface area contributed by atoms with Gasteiger partial charge >= 0.3 is 0 Å². The molecule has 0 spiro atoms. The van der Waals surface area contributed by atoms with Gasteiger partial charge in [0.25, 0.3) is 5.91 Å². The van der Waals surface area contributed by atoms with Crippen molar-refractivity contribution in [3.05, 3.63) is 58.4 Å². The Morgan fingerprint density at radius 3 is 2.52 bits per heavy atom. The molecule has 1 aromatic heterocycles. The Labute approximate surface area is 160 Å². The summed E-state index contributed by atoms with van der Waals surface area (Å²) in [5.41, 5.74) is 1.80. The Morgan fingerprint density at radius 2 is 1.89 bits per heavy atom. The van der Waals surface area contributed by atoms with Crippen molar-refractivity contribution in [2.24, 2.45) is 4.99 Å². The molecule has 0 aliphatic carbocycles. The normalized spacial score (nSPS) is 11.4. The molecular formula is C21H18N2O3S. The van der Waals surface area contributed by atoms with E-state index < -0.39 is 0 Å². The highest BCUT2D eigenvalue weighted by molar-refractivity contribution is 7.16. The van der Waals surface area contributed by atoms with E-state index in [-0.39, 0.29) is 18.2 Å². The van der Waals surface area contributed by atoms with E-state index in [4.69, 9.17) is 11.2 Å². The fourth-order valence-electron chi connectivity index (χ4n) is 2.69. The molecule has 1 amide bonds. The molecule has 1 heterocycles. The Morgan fingerprint density at radius 1 is 1.19 bits per heavy atom. The quantitative estimate of drug-likeness (QED) is 0.503. The maximum atomic E-state index is 12.6. The number of fused-ring (bicyclic) bond motifs is 1. The third-order valence-electron chi connectivity index (χ3n) is 3.95. The first-order valence-electron chi connectivity index (χ1n) is 8.43. The number of hydrogen-bond acceptors (Lipinski definition) is 4. The lowest BCUT2D eigenvalue weighted by molar-refractivity contribution is 0.0991. The van der Waals surface area contributed by atoms with Gasteiger partial charge in [0.1, 0.15) is 11.3 Å². The summed E-state index contributed by atoms with van der Waals surface area (Å²) in [5, 5.41) is 0. The summed E-state index contributed by atoms with van der Waals surface area (Å²) >= 11 is 1.38. The average molecular weight is 378 g/mol. The lowest BCUT2D eigenvalue weighted by atomic mass is 10.1. The molecule has 27 heavy (non-hydrogen) atoms. The molecule has 2 aromatic carbocycles. The standard InChI is InChI=1S/C21H18N2O3S/c1-4-13-23-19-17(26-5-2)7-6-8-18(19)27-21(23)22-20(25)16-11-9-15(10-12-16)14(3)24/h1,6-12H,5,13H2,2-3H3. The molecule has 0 aliphatic heterocycles. The summed E-state index contributed by atoms with van der Waals surface area (Å²) in [7, 11) is 0. The van der Waals surface area contributed by atoms with Crippen LogP contribution in [0.5, 0.6) is 5.75 Å². The van der Waals surface area contributed by atoms with E-state index >= 15 is 0 Å². The number of hydrogen-bond donors (Lipinski definition) is 0. The average Bonchev–Trinajstić information content (AvgIpc) is 3.00. The molecule has 0 aliphatic rings. The van der Waals surface area contributed by atoms with Crippen LogP contribution in [-0.4, -0.2) is 22.9 Å². The van der Waals surface area contributed by atoms with Gasteiger partial charge in [-0.05, 0) is 38.1 Å². The lowest BCUT2D eigenvalue weighted by Crippen LogP contribution is -2.17. The maximum Gasteiger partial charge on any atom is 0.279 e. The molecule has 3 aromatic rings. The second kappa shape index (κ2) is 8.02. The van der Waals surface area contributed by atoms with E-state index in [9.17, 15) is 9.59 Å². The van der Waals surface area contributed by atoms with Gasteiger partial charge in [-0.3, -0.25) is 9.59 Å². The molecule has 0 radical (unpaired) electrons. The largest absolute Gasteiger partial charge is 0.492 e. The second-order valence-electron chi connectivity index (χ2n) is 5.76. The van der Waals surface area contributed by atoms with Gasteiger partial charge in [-0.1, -0.05) is 35.5 Å². The number of aromatic nitrogens is 1. The van der Waals surface area contributed by atoms with Gasteiger partial charge in [-0.25, -0.2) is 0 Å². The third-order valence-corrected chi connectivity index (χ3v) is 4.99. The summed E-state index contributed by atoms with van der Waals surface area (Å²) in [6, 6.07) is 12.2. The van der Waals surface area contributed by atoms with Gasteiger partial charge < -0.3 is 9.30 Å². The Kier molecular flexibility index (Phi) is 5.53. The predicted molar refractivity (Wildman–Crippen MR) is 106 cm³/mol. The van der Waals surface area contributed by atoms with Crippen LogP contribution in [0.3, 0.4) is 0 Å². The minimum absolute atomic E-state index is 0.0502. The summed E-state index contributed by atoms with van der Waals surface area (Å²) in [6.45, 7) is 4.20. The molecule has 0 bridgehead atoms. The van der Waals surface area contributed by atoms with Gasteiger partial charge in [0.15, 0.2) is 10.6 Å². The molecule has 3 rings (SSSR count). The van der Waals surface area contributed by atoms with Crippen molar-refractivity contribution in [3.8, 4) is 18.1 Å². The highest BCUT2D eigenvalue weighted by Crippen LogP contribution is 2.27. The topological polar surface area (TPSA) is 60.7 Å². The monoisotopic (exact) mass is 378 g/mol. The fourth-order valence-corrected chi connectivity index (χ4v) is 3.74. The number of nitrogens with zero attached hydrogens (tertiary/aromatic N) is 2. The Balaban J connectivity index is 2.11. The zero-order chi connectivity index (χ0) is 19.4. The molecule has 0 saturated carbocycles. The summed E-state index contributed by atoms with van der Waals surface area (Å²) in [5.74, 6) is 2.88. The van der Waals surface area contributed by atoms with E-state index in [0.717, 1.165) is 10.2 Å². The van der Waals surface area contributed by atoms with E-state index in [2.05, 4.69) is 10.9 Å². The second-order valence-corrected chi connectivity index (χ2v) is 6.77. The molecule has 136 valence electrons. The van der Waals surface area contributed by atoms with Crippen molar-refractivity contribution in [3.63, 3.8) is 0 Å². The smallest absolute Gasteiger partial charge is 0.279 e. The van der Waals surface area contributed by atoms with Gasteiger partial charge in [0.05, 0.1) is 17.9 Å². The fraction of sp³-hybridized carbons (Fsp3) is 0.190. The van der Waals surface area contributed by atoms with Crippen molar-refractivity contribution in [2.75, 3.05) is 6.61 Å². The van der Waals surface area contributed by atoms with E-state index in [1.165, 1.54) is 18.3 Å². The van der Waals surface area contributed by atoms with Crippen LogP contribution in [0.1, 0.15) is 34.6 Å². The number of terminal acetylenes is 1. The summed E-state index contributed by atoms with van der Waals surface area (Å²) < 4.78 is 8.46. The number of carbonyl (C=O) groups is 2. The molecule has 0 atom stereocenters. The lowest BCUT2D eigenvalue weighted by Gasteiger charge is -2.07. The van der Waals surface area contributed by atoms with E-state index in [1.54, 1.807) is 24.3 Å². The predicted octanol–water partition coefficient (Wildman–Crippen LogP) is 3.68. The number of thiazole rings is 1. The van der Waals surface area contributed by atoms with Gasteiger partial charge in [0, 0.05) is 11.1 Å². The van der Waals surface area contributed by atoms with Gasteiger partial charge in [-0.15, -0.1) is 6.42 Å². The van der Waals surface area contributed by atoms with Crippen LogP contribution in [-0.2, 0) is 6.54 Å². The molecule has 0 fully saturated rings. The Bertz CT molecular complexity index is 1120. The van der Waals surface area contributed by atoms with Gasteiger partial charge in [0.2, 0.25) is 0 Å². The van der Waals surface area contributed by atoms with Crippen LogP contribution in [0.25, 0.3) is 10.2 Å². The van der Waals surface area contributed by atoms with Crippen LogP contribution in [0.2, 0.25) is 0 Å². The number of ether oxygens (including phenoxy) is 1. The number of rotatable bonds is 5. The zero-order valence-corrected chi connectivity index (χ0v) is 15.9. The molecule has 5 nitrogen and oxygen atoms in total. The SMILES string of the molecule is C#CCn1c(=NC(=O)c2ccc(C(C)=O)cc2)sc2cccc(OCC)c21. The van der Waals surface area contributed by atoms with Crippen molar-refractivity contribution in [1.82, 2.24) is 4.57 Å². The highest BCUT2D eigenvalue weighted by Gasteiger charge is 2.13. The molecule has 0 N–H and O–H groups in total. The number of ketones is 1. The minimum atomic E-state index is -0.389. The number of carbonyl (C=O) groups excluding carboxylic acids is 2. The number of benzene rings is 2. The minimum Gasteiger partial charge on any atom is -0.492 e. The van der Waals surface area contributed by atoms with E-state index in [0.29, 0.717) is 28.3 Å². The Hall–Kier alpha value is -3.17. The maximum absolute atomic E-state index is 12.6.